The van der Waals surface area contributed by atoms with E-state index in [1.165, 1.54) is 11.3 Å². The zero-order chi connectivity index (χ0) is 23.7. The molecule has 10 heteroatoms. The highest BCUT2D eigenvalue weighted by molar-refractivity contribution is 7.09. The third kappa shape index (κ3) is 5.07. The van der Waals surface area contributed by atoms with Gasteiger partial charge in [-0.15, -0.1) is 11.3 Å². The number of amides is 1. The van der Waals surface area contributed by atoms with Crippen molar-refractivity contribution in [2.75, 3.05) is 10.6 Å². The molecule has 5 rings (SSSR count). The molecule has 0 atom stereocenters. The van der Waals surface area contributed by atoms with Crippen molar-refractivity contribution in [3.63, 3.8) is 0 Å². The van der Waals surface area contributed by atoms with Crippen molar-refractivity contribution in [2.45, 2.75) is 26.4 Å². The number of anilines is 3. The molecule has 0 fully saturated rings. The maximum Gasteiger partial charge on any atom is 0.228 e. The number of thiazole rings is 1. The van der Waals surface area contributed by atoms with Crippen LogP contribution in [0.5, 0.6) is 0 Å². The Morgan fingerprint density at radius 2 is 2.00 bits per heavy atom. The van der Waals surface area contributed by atoms with E-state index in [-0.39, 0.29) is 25.4 Å². The van der Waals surface area contributed by atoms with E-state index in [0.717, 1.165) is 38.1 Å². The van der Waals surface area contributed by atoms with Gasteiger partial charge in [0, 0.05) is 46.5 Å². The van der Waals surface area contributed by atoms with Gasteiger partial charge in [-0.1, -0.05) is 23.7 Å². The fraction of sp³-hybridized carbons (Fsp3) is 0.167. The number of carbonyl (C=O) groups is 1. The number of aryl methyl sites for hydroxylation is 1. The zero-order valence-corrected chi connectivity index (χ0v) is 19.8. The molecule has 0 bridgehead atoms. The van der Waals surface area contributed by atoms with Crippen LogP contribution in [0, 0.1) is 12.1 Å². The van der Waals surface area contributed by atoms with Gasteiger partial charge in [0.2, 0.25) is 11.9 Å². The monoisotopic (exact) mass is 491 g/mol. The van der Waals surface area contributed by atoms with Gasteiger partial charge in [-0.05, 0) is 42.8 Å². The molecule has 1 amide bonds. The number of hydrogen-bond acceptors (Lipinski definition) is 8. The Morgan fingerprint density at radius 3 is 2.76 bits per heavy atom. The molecule has 3 heterocycles. The summed E-state index contributed by atoms with van der Waals surface area (Å²) in [6, 6.07) is 12.9. The van der Waals surface area contributed by atoms with Crippen LogP contribution in [0.4, 0.5) is 17.3 Å². The second-order valence-electron chi connectivity index (χ2n) is 7.96. The lowest BCUT2D eigenvalue weighted by atomic mass is 10.1. The number of hydroxylamine groups is 2. The molecule has 0 saturated carbocycles. The van der Waals surface area contributed by atoms with Gasteiger partial charge in [0.1, 0.15) is 0 Å². The first-order chi connectivity index (χ1) is 16.4. The molecular formula is C24H20ClN6O2S-. The second-order valence-corrected chi connectivity index (χ2v) is 9.46. The Balaban J connectivity index is 1.31. The highest BCUT2D eigenvalue weighted by Crippen LogP contribution is 2.34. The smallest absolute Gasteiger partial charge is 0.228 e. The fourth-order valence-corrected chi connectivity index (χ4v) is 4.54. The molecule has 8 nitrogen and oxygen atoms in total. The summed E-state index contributed by atoms with van der Waals surface area (Å²) in [6.45, 7) is 2.46. The first-order valence-corrected chi connectivity index (χ1v) is 11.8. The van der Waals surface area contributed by atoms with Crippen LogP contribution in [0.15, 0.2) is 54.0 Å². The van der Waals surface area contributed by atoms with E-state index >= 15 is 0 Å². The number of halogens is 1. The molecule has 1 aliphatic rings. The summed E-state index contributed by atoms with van der Waals surface area (Å²) in [5, 5.41) is 22.7. The highest BCUT2D eigenvalue weighted by Gasteiger charge is 2.21. The van der Waals surface area contributed by atoms with Crippen molar-refractivity contribution in [1.82, 2.24) is 20.0 Å². The predicted molar refractivity (Wildman–Crippen MR) is 134 cm³/mol. The van der Waals surface area contributed by atoms with E-state index in [2.05, 4.69) is 25.6 Å². The molecular weight excluding hydrogens is 472 g/mol. The van der Waals surface area contributed by atoms with Gasteiger partial charge in [0.15, 0.2) is 0 Å². The molecule has 4 aromatic rings. The van der Waals surface area contributed by atoms with Crippen molar-refractivity contribution in [3.05, 3.63) is 86.1 Å². The number of rotatable bonds is 6. The van der Waals surface area contributed by atoms with Crippen LogP contribution in [0.2, 0.25) is 5.02 Å². The predicted octanol–water partition coefficient (Wildman–Crippen LogP) is 5.30. The van der Waals surface area contributed by atoms with Gasteiger partial charge in [-0.3, -0.25) is 4.79 Å². The largest absolute Gasteiger partial charge is 0.785 e. The van der Waals surface area contributed by atoms with Crippen LogP contribution in [0.3, 0.4) is 0 Å². The van der Waals surface area contributed by atoms with Crippen LogP contribution in [-0.4, -0.2) is 25.9 Å². The summed E-state index contributed by atoms with van der Waals surface area (Å²) in [5.41, 5.74) is 5.30. The molecule has 2 aromatic heterocycles. The van der Waals surface area contributed by atoms with Crippen molar-refractivity contribution in [2.24, 2.45) is 0 Å². The van der Waals surface area contributed by atoms with Gasteiger partial charge in [-0.2, -0.15) is 0 Å². The molecule has 1 aliphatic heterocycles. The van der Waals surface area contributed by atoms with Crippen LogP contribution < -0.4 is 10.6 Å². The minimum absolute atomic E-state index is 0.139. The fourth-order valence-electron chi connectivity index (χ4n) is 3.77. The third-order valence-corrected chi connectivity index (χ3v) is 6.36. The maximum atomic E-state index is 12.3. The maximum absolute atomic E-state index is 12.3. The summed E-state index contributed by atoms with van der Waals surface area (Å²) >= 11 is 7.65. The Kier molecular flexibility index (Phi) is 6.25. The Hall–Kier alpha value is -3.37. The van der Waals surface area contributed by atoms with E-state index in [1.807, 2.05) is 42.6 Å². The lowest BCUT2D eigenvalue weighted by Crippen LogP contribution is -2.15. The van der Waals surface area contributed by atoms with Gasteiger partial charge in [-0.25, -0.2) is 15.0 Å². The molecule has 0 unspecified atom stereocenters. The Bertz CT molecular complexity index is 1360. The normalized spacial score (nSPS) is 12.6. The second kappa shape index (κ2) is 9.47. The minimum Gasteiger partial charge on any atom is -0.785 e. The molecule has 0 aliphatic carbocycles. The van der Waals surface area contributed by atoms with Crippen molar-refractivity contribution in [1.29, 1.82) is 0 Å². The van der Waals surface area contributed by atoms with Gasteiger partial charge < -0.3 is 20.9 Å². The summed E-state index contributed by atoms with van der Waals surface area (Å²) in [6.07, 6.45) is 1.85. The average molecular weight is 492 g/mol. The van der Waals surface area contributed by atoms with Gasteiger partial charge in [0.25, 0.3) is 0 Å². The van der Waals surface area contributed by atoms with Crippen LogP contribution in [-0.2, 0) is 24.3 Å². The van der Waals surface area contributed by atoms with E-state index in [9.17, 15) is 10.0 Å². The number of fused-ring (bicyclic) bond motifs is 3. The molecule has 34 heavy (non-hydrogen) atoms. The highest BCUT2D eigenvalue weighted by atomic mass is 35.5. The number of benzene rings is 2. The van der Waals surface area contributed by atoms with Crippen LogP contribution in [0.1, 0.15) is 21.8 Å². The summed E-state index contributed by atoms with van der Waals surface area (Å²) in [4.78, 5) is 25.6. The number of aromatic nitrogens is 3. The van der Waals surface area contributed by atoms with E-state index in [1.54, 1.807) is 18.3 Å². The third-order valence-electron chi connectivity index (χ3n) is 5.30. The van der Waals surface area contributed by atoms with Crippen LogP contribution >= 0.6 is 22.9 Å². The first kappa shape index (κ1) is 22.4. The molecule has 2 aromatic carbocycles. The van der Waals surface area contributed by atoms with Gasteiger partial charge >= 0.3 is 0 Å². The van der Waals surface area contributed by atoms with Crippen molar-refractivity contribution < 1.29 is 4.79 Å². The standard InChI is InChI=1S/C24H20ClN6O2S/c1-14-27-19(13-34-14)12-31(33)11-15-2-5-18(6-3-15)28-24-26-10-16-8-22(32)29-21-9-17(25)4-7-20(21)23(16)30-24/h2-7,9-10,13H,8,11-12H2,1H3,(H,29,32)(H,26,28,30)/q-1. The van der Waals surface area contributed by atoms with E-state index in [4.69, 9.17) is 11.6 Å². The summed E-state index contributed by atoms with van der Waals surface area (Å²) < 4.78 is 0. The Labute approximate surface area is 205 Å². The van der Waals surface area contributed by atoms with Crippen molar-refractivity contribution >= 4 is 46.2 Å². The lowest BCUT2D eigenvalue weighted by Gasteiger charge is -2.27. The SMILES string of the molecule is Cc1nc(CN([O-])Cc2ccc(Nc3ncc4c(n3)-c3ccc(Cl)cc3NC(=O)C4)cc2)cs1. The van der Waals surface area contributed by atoms with Gasteiger partial charge in [0.05, 0.1) is 28.5 Å². The molecule has 2 N–H and O–H groups in total. The molecule has 0 spiro atoms. The number of nitrogens with one attached hydrogen (secondary N) is 2. The average Bonchev–Trinajstić information content (AvgIpc) is 3.14. The first-order valence-electron chi connectivity index (χ1n) is 10.6. The zero-order valence-electron chi connectivity index (χ0n) is 18.2. The number of hydrogen-bond donors (Lipinski definition) is 2. The summed E-state index contributed by atoms with van der Waals surface area (Å²) in [5.74, 6) is 0.269. The summed E-state index contributed by atoms with van der Waals surface area (Å²) in [7, 11) is 0. The number of carbonyl (C=O) groups excluding carboxylic acids is 1. The lowest BCUT2D eigenvalue weighted by molar-refractivity contribution is -0.115. The molecule has 172 valence electrons. The van der Waals surface area contributed by atoms with E-state index in [0.29, 0.717) is 22.4 Å². The Morgan fingerprint density at radius 1 is 1.18 bits per heavy atom. The minimum atomic E-state index is -0.139. The van der Waals surface area contributed by atoms with Crippen LogP contribution in [0.25, 0.3) is 11.3 Å². The number of nitrogens with zero attached hydrogens (tertiary/aromatic N) is 4. The molecule has 0 radical (unpaired) electrons. The quantitative estimate of drug-likeness (QED) is 0.352. The topological polar surface area (TPSA) is 106 Å². The molecule has 0 saturated heterocycles. The van der Waals surface area contributed by atoms with Crippen molar-refractivity contribution in [3.8, 4) is 11.3 Å². The van der Waals surface area contributed by atoms with E-state index < -0.39 is 0 Å².